The molecule has 0 saturated heterocycles. The van der Waals surface area contributed by atoms with E-state index in [1.807, 2.05) is 18.2 Å². The van der Waals surface area contributed by atoms with Crippen LogP contribution in [0.4, 0.5) is 30.2 Å². The lowest BCUT2D eigenvalue weighted by Gasteiger charge is -2.26. The number of ketones is 1. The van der Waals surface area contributed by atoms with Gasteiger partial charge in [0.1, 0.15) is 5.69 Å². The topological polar surface area (TPSA) is 45.0 Å². The molecule has 204 valence electrons. The first-order valence-corrected chi connectivity index (χ1v) is 13.8. The summed E-state index contributed by atoms with van der Waals surface area (Å²) in [6.07, 6.45) is 9.91. The minimum absolute atomic E-state index is 0.395. The van der Waals surface area contributed by atoms with Crippen molar-refractivity contribution in [3.8, 4) is 0 Å². The third kappa shape index (κ3) is 11.5. The van der Waals surface area contributed by atoms with Crippen molar-refractivity contribution in [2.45, 2.75) is 97.1 Å². The number of Topliss-reactive ketones (excluding diaryl/α,β-unsaturated/α-hetero) is 1. The molecule has 2 aromatic carbocycles. The van der Waals surface area contributed by atoms with Crippen LogP contribution >= 0.6 is 0 Å². The lowest BCUT2D eigenvalue weighted by Crippen LogP contribution is -2.25. The van der Waals surface area contributed by atoms with Crippen molar-refractivity contribution in [1.82, 2.24) is 0 Å². The molecule has 0 atom stereocenters. The van der Waals surface area contributed by atoms with E-state index in [0.29, 0.717) is 5.69 Å². The first kappa shape index (κ1) is 30.5. The summed E-state index contributed by atoms with van der Waals surface area (Å²) in [4.78, 5) is 13.8. The molecule has 0 fully saturated rings. The Morgan fingerprint density at radius 1 is 0.703 bits per heavy atom. The number of azo groups is 1. The molecule has 0 spiro atoms. The number of hydrogen-bond acceptors (Lipinski definition) is 4. The molecule has 0 amide bonds. The highest BCUT2D eigenvalue weighted by Gasteiger charge is 2.39. The molecule has 0 bridgehead atoms. The number of alkyl halides is 3. The van der Waals surface area contributed by atoms with Gasteiger partial charge in [0.15, 0.2) is 0 Å². The third-order valence-electron chi connectivity index (χ3n) is 6.45. The largest absolute Gasteiger partial charge is 0.454 e. The van der Waals surface area contributed by atoms with Crippen LogP contribution in [0.5, 0.6) is 0 Å². The molecule has 0 saturated carbocycles. The number of hydrogen-bond donors (Lipinski definition) is 0. The number of benzene rings is 2. The molecule has 0 unspecified atom stereocenters. The van der Waals surface area contributed by atoms with E-state index in [9.17, 15) is 18.0 Å². The highest BCUT2D eigenvalue weighted by atomic mass is 19.4. The van der Waals surface area contributed by atoms with Crippen LogP contribution in [0.2, 0.25) is 0 Å². The quantitative estimate of drug-likeness (QED) is 0.112. The van der Waals surface area contributed by atoms with Crippen molar-refractivity contribution in [2.75, 3.05) is 18.0 Å². The minimum atomic E-state index is -4.89. The van der Waals surface area contributed by atoms with Gasteiger partial charge in [-0.15, -0.1) is 5.11 Å². The van der Waals surface area contributed by atoms with Crippen molar-refractivity contribution < 1.29 is 18.0 Å². The fourth-order valence-corrected chi connectivity index (χ4v) is 4.29. The van der Waals surface area contributed by atoms with Crippen LogP contribution in [0, 0.1) is 0 Å². The second-order valence-corrected chi connectivity index (χ2v) is 9.59. The first-order valence-electron chi connectivity index (χ1n) is 13.8. The van der Waals surface area contributed by atoms with Crippen molar-refractivity contribution >= 4 is 22.8 Å². The molecule has 7 heteroatoms. The van der Waals surface area contributed by atoms with Crippen molar-refractivity contribution in [3.05, 3.63) is 54.1 Å². The number of carbonyl (C=O) groups is 1. The SMILES string of the molecule is CCCCCCCCN(CCCCCCCC)c1ccccc1N=Nc1ccc(C(=O)C(F)(F)F)cc1. The molecular formula is C30H42F3N3O. The molecule has 37 heavy (non-hydrogen) atoms. The van der Waals surface area contributed by atoms with Gasteiger partial charge in [0.25, 0.3) is 5.78 Å². The van der Waals surface area contributed by atoms with E-state index in [1.165, 1.54) is 76.3 Å². The van der Waals surface area contributed by atoms with E-state index < -0.39 is 17.5 Å². The standard InChI is InChI=1S/C30H42F3N3O/c1-3-5-7-9-11-15-23-36(24-16-12-10-8-6-4-2)28-18-14-13-17-27(28)35-34-26-21-19-25(20-22-26)29(37)30(31,32)33/h13-14,17-22H,3-12,15-16,23-24H2,1-2H3. The van der Waals surface area contributed by atoms with Gasteiger partial charge in [0.2, 0.25) is 0 Å². The molecule has 0 aliphatic rings. The lowest BCUT2D eigenvalue weighted by molar-refractivity contribution is -0.0885. The fourth-order valence-electron chi connectivity index (χ4n) is 4.29. The average Bonchev–Trinajstić information content (AvgIpc) is 2.89. The molecule has 0 aromatic heterocycles. The zero-order valence-electron chi connectivity index (χ0n) is 22.4. The normalized spacial score (nSPS) is 11.8. The number of halogens is 3. The van der Waals surface area contributed by atoms with E-state index in [-0.39, 0.29) is 0 Å². The summed E-state index contributed by atoms with van der Waals surface area (Å²) in [5.74, 6) is -1.86. The summed E-state index contributed by atoms with van der Waals surface area (Å²) in [6.45, 7) is 6.37. The molecular weight excluding hydrogens is 475 g/mol. The van der Waals surface area contributed by atoms with Gasteiger partial charge < -0.3 is 4.90 Å². The molecule has 0 radical (unpaired) electrons. The maximum Gasteiger partial charge on any atom is 0.454 e. The summed E-state index contributed by atoms with van der Waals surface area (Å²) >= 11 is 0. The zero-order chi connectivity index (χ0) is 26.9. The third-order valence-corrected chi connectivity index (χ3v) is 6.45. The first-order chi connectivity index (χ1) is 17.9. The Kier molecular flexibility index (Phi) is 14.0. The maximum absolute atomic E-state index is 12.7. The Hall–Kier alpha value is -2.70. The van der Waals surface area contributed by atoms with E-state index in [1.54, 1.807) is 0 Å². The number of para-hydroxylation sites is 1. The predicted octanol–water partition coefficient (Wildman–Crippen LogP) is 10.4. The monoisotopic (exact) mass is 517 g/mol. The highest BCUT2D eigenvalue weighted by molar-refractivity contribution is 6.00. The van der Waals surface area contributed by atoms with E-state index in [0.717, 1.165) is 49.4 Å². The van der Waals surface area contributed by atoms with Gasteiger partial charge in [-0.3, -0.25) is 4.79 Å². The van der Waals surface area contributed by atoms with Gasteiger partial charge in [-0.25, -0.2) is 0 Å². The van der Waals surface area contributed by atoms with Crippen LogP contribution in [0.25, 0.3) is 0 Å². The summed E-state index contributed by atoms with van der Waals surface area (Å²) in [5, 5.41) is 8.68. The van der Waals surface area contributed by atoms with Crippen molar-refractivity contribution in [2.24, 2.45) is 10.2 Å². The minimum Gasteiger partial charge on any atom is -0.370 e. The van der Waals surface area contributed by atoms with Crippen LogP contribution in [0.3, 0.4) is 0 Å². The molecule has 0 N–H and O–H groups in total. The molecule has 0 aliphatic carbocycles. The number of carbonyl (C=O) groups excluding carboxylic acids is 1. The van der Waals surface area contributed by atoms with E-state index in [4.69, 9.17) is 0 Å². The molecule has 2 rings (SSSR count). The van der Waals surface area contributed by atoms with Gasteiger partial charge in [-0.2, -0.15) is 18.3 Å². The smallest absolute Gasteiger partial charge is 0.370 e. The van der Waals surface area contributed by atoms with Crippen LogP contribution in [-0.2, 0) is 0 Å². The van der Waals surface area contributed by atoms with Crippen molar-refractivity contribution in [1.29, 1.82) is 0 Å². The molecule has 0 heterocycles. The van der Waals surface area contributed by atoms with E-state index >= 15 is 0 Å². The zero-order valence-corrected chi connectivity index (χ0v) is 22.4. The van der Waals surface area contributed by atoms with Crippen molar-refractivity contribution in [3.63, 3.8) is 0 Å². The van der Waals surface area contributed by atoms with Crippen LogP contribution < -0.4 is 4.90 Å². The number of unbranched alkanes of at least 4 members (excludes halogenated alkanes) is 10. The number of rotatable bonds is 18. The summed E-state index contributed by atoms with van der Waals surface area (Å²) < 4.78 is 38.0. The average molecular weight is 518 g/mol. The fraction of sp³-hybridized carbons (Fsp3) is 0.567. The Morgan fingerprint density at radius 2 is 1.22 bits per heavy atom. The Labute approximate surface area is 220 Å². The van der Waals surface area contributed by atoms with Crippen LogP contribution in [0.1, 0.15) is 101 Å². The molecule has 0 aliphatic heterocycles. The Balaban J connectivity index is 2.09. The lowest BCUT2D eigenvalue weighted by atomic mass is 10.1. The van der Waals surface area contributed by atoms with Crippen LogP contribution in [0.15, 0.2) is 58.8 Å². The second-order valence-electron chi connectivity index (χ2n) is 9.59. The molecule has 2 aromatic rings. The van der Waals surface area contributed by atoms with Gasteiger partial charge in [0, 0.05) is 18.7 Å². The number of anilines is 1. The highest BCUT2D eigenvalue weighted by Crippen LogP contribution is 2.31. The molecule has 4 nitrogen and oxygen atoms in total. The summed E-state index contributed by atoms with van der Waals surface area (Å²) in [6, 6.07) is 12.9. The Morgan fingerprint density at radius 3 is 1.76 bits per heavy atom. The van der Waals surface area contributed by atoms with Crippen LogP contribution in [-0.4, -0.2) is 25.0 Å². The van der Waals surface area contributed by atoms with Gasteiger partial charge >= 0.3 is 6.18 Å². The van der Waals surface area contributed by atoms with Gasteiger partial charge in [-0.1, -0.05) is 90.2 Å². The van der Waals surface area contributed by atoms with Gasteiger partial charge in [0.05, 0.1) is 11.4 Å². The summed E-state index contributed by atoms with van der Waals surface area (Å²) in [7, 11) is 0. The summed E-state index contributed by atoms with van der Waals surface area (Å²) in [5.41, 5.74) is 1.75. The van der Waals surface area contributed by atoms with Gasteiger partial charge in [-0.05, 0) is 49.2 Å². The second kappa shape index (κ2) is 16.9. The van der Waals surface area contributed by atoms with E-state index in [2.05, 4.69) is 35.0 Å². The number of nitrogens with zero attached hydrogens (tertiary/aromatic N) is 3. The Bertz CT molecular complexity index is 926. The predicted molar refractivity (Wildman–Crippen MR) is 146 cm³/mol. The maximum atomic E-state index is 12.7.